The molecular formula is C15H15F3N2O4. The first-order chi connectivity index (χ1) is 11.3. The molecule has 1 aromatic carbocycles. The van der Waals surface area contributed by atoms with Crippen LogP contribution in [-0.4, -0.2) is 31.8 Å². The quantitative estimate of drug-likeness (QED) is 0.834. The van der Waals surface area contributed by atoms with Gasteiger partial charge in [0.05, 0.1) is 18.4 Å². The number of nitrogens with zero attached hydrogens (tertiary/aromatic N) is 2. The van der Waals surface area contributed by atoms with Crippen LogP contribution in [0, 0.1) is 6.92 Å². The third-order valence-electron chi connectivity index (χ3n) is 3.30. The lowest BCUT2D eigenvalue weighted by Crippen LogP contribution is -2.31. The lowest BCUT2D eigenvalue weighted by Gasteiger charge is -2.19. The highest BCUT2D eigenvalue weighted by Gasteiger charge is 2.38. The zero-order valence-electron chi connectivity index (χ0n) is 13.2. The van der Waals surface area contributed by atoms with Gasteiger partial charge in [-0.25, -0.2) is 0 Å². The van der Waals surface area contributed by atoms with E-state index in [2.05, 4.69) is 9.68 Å². The molecule has 1 amide bonds. The Balaban J connectivity index is 2.07. The number of carbonyl (C=O) groups is 1. The Morgan fingerprint density at radius 3 is 2.58 bits per heavy atom. The Labute approximate surface area is 135 Å². The topological polar surface area (TPSA) is 64.8 Å². The third kappa shape index (κ3) is 3.61. The largest absolute Gasteiger partial charge is 0.495 e. The van der Waals surface area contributed by atoms with E-state index in [9.17, 15) is 18.0 Å². The van der Waals surface area contributed by atoms with Crippen molar-refractivity contribution < 1.29 is 32.0 Å². The fourth-order valence-corrected chi connectivity index (χ4v) is 1.98. The molecule has 2 aromatic rings. The van der Waals surface area contributed by atoms with Crippen LogP contribution in [0.5, 0.6) is 11.7 Å². The fraction of sp³-hybridized carbons (Fsp3) is 0.333. The molecule has 0 spiro atoms. The molecule has 6 nitrogen and oxygen atoms in total. The molecule has 0 atom stereocenters. The molecule has 0 aliphatic rings. The number of hydrogen-bond donors (Lipinski definition) is 0. The summed E-state index contributed by atoms with van der Waals surface area (Å²) in [5, 5.41) is 2.93. The number of amides is 1. The molecule has 0 saturated carbocycles. The summed E-state index contributed by atoms with van der Waals surface area (Å²) in [6.07, 6.45) is -4.65. The molecular weight excluding hydrogens is 329 g/mol. The number of halogens is 3. The maximum Gasteiger partial charge on any atom is 0.437 e. The van der Waals surface area contributed by atoms with Crippen LogP contribution in [0.3, 0.4) is 0 Å². The molecule has 9 heteroatoms. The lowest BCUT2D eigenvalue weighted by molar-refractivity contribution is -0.143. The van der Waals surface area contributed by atoms with Crippen molar-refractivity contribution in [3.05, 3.63) is 35.5 Å². The van der Waals surface area contributed by atoms with E-state index >= 15 is 0 Å². The predicted molar refractivity (Wildman–Crippen MR) is 78.1 cm³/mol. The summed E-state index contributed by atoms with van der Waals surface area (Å²) >= 11 is 0. The van der Waals surface area contributed by atoms with Crippen LogP contribution in [-0.2, 0) is 11.0 Å². The monoisotopic (exact) mass is 344 g/mol. The number of aromatic nitrogens is 1. The summed E-state index contributed by atoms with van der Waals surface area (Å²) in [5.41, 5.74) is -0.989. The molecule has 24 heavy (non-hydrogen) atoms. The highest BCUT2D eigenvalue weighted by Crippen LogP contribution is 2.35. The van der Waals surface area contributed by atoms with Gasteiger partial charge in [0.15, 0.2) is 12.3 Å². The van der Waals surface area contributed by atoms with Crippen molar-refractivity contribution in [2.75, 3.05) is 25.7 Å². The van der Waals surface area contributed by atoms with Crippen molar-refractivity contribution >= 4 is 11.6 Å². The molecule has 0 N–H and O–H groups in total. The van der Waals surface area contributed by atoms with Crippen LogP contribution in [0.15, 0.2) is 28.8 Å². The van der Waals surface area contributed by atoms with E-state index < -0.39 is 30.3 Å². The lowest BCUT2D eigenvalue weighted by atomic mass is 10.2. The van der Waals surface area contributed by atoms with Crippen LogP contribution >= 0.6 is 0 Å². The smallest absolute Gasteiger partial charge is 0.437 e. The number of ether oxygens (including phenoxy) is 2. The molecule has 0 saturated heterocycles. The van der Waals surface area contributed by atoms with E-state index in [4.69, 9.17) is 9.47 Å². The van der Waals surface area contributed by atoms with Crippen LogP contribution in [0.25, 0.3) is 0 Å². The molecule has 0 fully saturated rings. The van der Waals surface area contributed by atoms with Crippen molar-refractivity contribution in [3.8, 4) is 11.7 Å². The predicted octanol–water partition coefficient (Wildman–Crippen LogP) is 3.05. The first-order valence-electron chi connectivity index (χ1n) is 6.81. The third-order valence-corrected chi connectivity index (χ3v) is 3.30. The normalized spacial score (nSPS) is 11.2. The van der Waals surface area contributed by atoms with Crippen LogP contribution in [0.2, 0.25) is 0 Å². The highest BCUT2D eigenvalue weighted by atomic mass is 19.4. The summed E-state index contributed by atoms with van der Waals surface area (Å²) in [7, 11) is 2.96. The number of likely N-dealkylation sites (N-methyl/N-ethyl adjacent to an activating group) is 1. The Bertz CT molecular complexity index is 728. The minimum Gasteiger partial charge on any atom is -0.495 e. The molecule has 1 heterocycles. The van der Waals surface area contributed by atoms with Crippen molar-refractivity contribution in [2.24, 2.45) is 0 Å². The van der Waals surface area contributed by atoms with Crippen LogP contribution in [0.4, 0.5) is 18.9 Å². The van der Waals surface area contributed by atoms with Crippen molar-refractivity contribution in [1.29, 1.82) is 0 Å². The average Bonchev–Trinajstić information content (AvgIpc) is 2.92. The van der Waals surface area contributed by atoms with Crippen LogP contribution < -0.4 is 14.4 Å². The number of carbonyl (C=O) groups excluding carboxylic acids is 1. The number of methoxy groups -OCH3 is 1. The number of hydrogen-bond acceptors (Lipinski definition) is 5. The van der Waals surface area contributed by atoms with Gasteiger partial charge in [0, 0.05) is 7.05 Å². The van der Waals surface area contributed by atoms with E-state index in [1.54, 1.807) is 24.3 Å². The van der Waals surface area contributed by atoms with E-state index in [-0.39, 0.29) is 5.56 Å². The Kier molecular flexibility index (Phi) is 5.01. The van der Waals surface area contributed by atoms with Crippen molar-refractivity contribution in [1.82, 2.24) is 5.16 Å². The maximum atomic E-state index is 12.6. The number of alkyl halides is 3. The van der Waals surface area contributed by atoms with E-state index in [0.717, 1.165) is 6.92 Å². The van der Waals surface area contributed by atoms with E-state index in [0.29, 0.717) is 11.4 Å². The highest BCUT2D eigenvalue weighted by molar-refractivity contribution is 5.95. The first kappa shape index (κ1) is 17.6. The van der Waals surface area contributed by atoms with Gasteiger partial charge in [-0.2, -0.15) is 13.2 Å². The fourth-order valence-electron chi connectivity index (χ4n) is 1.98. The summed E-state index contributed by atoms with van der Waals surface area (Å²) in [6, 6.07) is 6.81. The molecule has 0 aliphatic heterocycles. The van der Waals surface area contributed by atoms with Gasteiger partial charge in [-0.05, 0) is 19.1 Å². The Hall–Kier alpha value is -2.71. The summed E-state index contributed by atoms with van der Waals surface area (Å²) in [5.74, 6) is -0.462. The van der Waals surface area contributed by atoms with Gasteiger partial charge in [-0.3, -0.25) is 4.79 Å². The summed E-state index contributed by atoms with van der Waals surface area (Å²) in [6.45, 7) is 0.644. The molecule has 1 aromatic heterocycles. The van der Waals surface area contributed by atoms with Gasteiger partial charge in [0.2, 0.25) is 0 Å². The molecule has 0 unspecified atom stereocenters. The Morgan fingerprint density at radius 1 is 1.33 bits per heavy atom. The number of rotatable bonds is 5. The van der Waals surface area contributed by atoms with Gasteiger partial charge in [-0.15, -0.1) is 0 Å². The molecule has 2 rings (SSSR count). The first-order valence-corrected chi connectivity index (χ1v) is 6.81. The van der Waals surface area contributed by atoms with Gasteiger partial charge in [0.1, 0.15) is 5.75 Å². The molecule has 0 aliphatic carbocycles. The maximum absolute atomic E-state index is 12.6. The second kappa shape index (κ2) is 6.81. The van der Waals surface area contributed by atoms with E-state index in [1.165, 1.54) is 19.1 Å². The molecule has 130 valence electrons. The van der Waals surface area contributed by atoms with Crippen LogP contribution in [0.1, 0.15) is 11.3 Å². The Morgan fingerprint density at radius 2 is 2.00 bits per heavy atom. The molecule has 0 bridgehead atoms. The van der Waals surface area contributed by atoms with Crippen molar-refractivity contribution in [2.45, 2.75) is 13.1 Å². The second-order valence-corrected chi connectivity index (χ2v) is 4.85. The zero-order chi connectivity index (χ0) is 17.9. The van der Waals surface area contributed by atoms with Gasteiger partial charge >= 0.3 is 12.1 Å². The number of benzene rings is 1. The van der Waals surface area contributed by atoms with Gasteiger partial charge < -0.3 is 18.9 Å². The average molecular weight is 344 g/mol. The second-order valence-electron chi connectivity index (χ2n) is 4.85. The SMILES string of the molecule is COc1ccccc1N(C)C(=O)COc1onc(C(F)(F)F)c1C. The number of para-hydroxylation sites is 2. The van der Waals surface area contributed by atoms with Gasteiger partial charge in [0.25, 0.3) is 5.91 Å². The van der Waals surface area contributed by atoms with E-state index in [1.807, 2.05) is 0 Å². The standard InChI is InChI=1S/C15H15F3N2O4/c1-9-13(15(16,17)18)19-24-14(9)23-8-12(21)20(2)10-6-4-5-7-11(10)22-3/h4-7H,8H2,1-3H3. The molecule has 0 radical (unpaired) electrons. The summed E-state index contributed by atoms with van der Waals surface area (Å²) in [4.78, 5) is 13.4. The zero-order valence-corrected chi connectivity index (χ0v) is 13.2. The van der Waals surface area contributed by atoms with Gasteiger partial charge in [-0.1, -0.05) is 17.3 Å². The van der Waals surface area contributed by atoms with Crippen molar-refractivity contribution in [3.63, 3.8) is 0 Å². The minimum atomic E-state index is -4.65. The minimum absolute atomic E-state index is 0.310. The number of anilines is 1. The summed E-state index contributed by atoms with van der Waals surface area (Å²) < 4.78 is 52.6.